The van der Waals surface area contributed by atoms with Gasteiger partial charge in [0.2, 0.25) is 6.79 Å². The van der Waals surface area contributed by atoms with Gasteiger partial charge in [-0.3, -0.25) is 4.98 Å². The van der Waals surface area contributed by atoms with Crippen molar-refractivity contribution in [1.82, 2.24) is 4.98 Å². The number of nitrogens with zero attached hydrogens (tertiary/aromatic N) is 1. The van der Waals surface area contributed by atoms with E-state index < -0.39 is 6.10 Å². The minimum Gasteiger partial charge on any atom is -0.454 e. The zero-order valence-electron chi connectivity index (χ0n) is 10.2. The number of nitrogen functional groups attached to an aromatic ring is 1. The lowest BCUT2D eigenvalue weighted by Crippen LogP contribution is -2.04. The quantitative estimate of drug-likeness (QED) is 0.875. The molecule has 0 radical (unpaired) electrons. The third kappa shape index (κ3) is 2.32. The van der Waals surface area contributed by atoms with Crippen LogP contribution in [-0.4, -0.2) is 16.9 Å². The first kappa shape index (κ1) is 11.8. The minimum atomic E-state index is -0.652. The van der Waals surface area contributed by atoms with Crippen LogP contribution in [0.5, 0.6) is 11.5 Å². The summed E-state index contributed by atoms with van der Waals surface area (Å²) in [6.45, 7) is 0.227. The number of fused-ring (bicyclic) bond motifs is 1. The molecule has 1 aliphatic rings. The van der Waals surface area contributed by atoms with Crippen molar-refractivity contribution < 1.29 is 14.6 Å². The summed E-state index contributed by atoms with van der Waals surface area (Å²) in [5.41, 5.74) is 8.07. The van der Waals surface area contributed by atoms with E-state index in [1.807, 2.05) is 6.07 Å². The average Bonchev–Trinajstić information content (AvgIpc) is 2.88. The normalized spacial score (nSPS) is 14.4. The second-order valence-electron chi connectivity index (χ2n) is 4.41. The fourth-order valence-electron chi connectivity index (χ4n) is 2.06. The fourth-order valence-corrected chi connectivity index (χ4v) is 2.06. The van der Waals surface area contributed by atoms with Crippen molar-refractivity contribution in [3.63, 3.8) is 0 Å². The van der Waals surface area contributed by atoms with Crippen LogP contribution >= 0.6 is 0 Å². The maximum atomic E-state index is 10.2. The highest BCUT2D eigenvalue weighted by molar-refractivity contribution is 5.47. The number of hydrogen-bond acceptors (Lipinski definition) is 5. The van der Waals surface area contributed by atoms with Gasteiger partial charge in [0, 0.05) is 24.5 Å². The molecule has 1 aliphatic heterocycles. The molecule has 98 valence electrons. The molecule has 0 bridgehead atoms. The SMILES string of the molecule is Nc1ccncc1CC(O)c1ccc2c(c1)OCO2. The topological polar surface area (TPSA) is 77.6 Å². The molecule has 3 N–H and O–H groups in total. The standard InChI is InChI=1S/C14H14N2O3/c15-11-3-4-16-7-10(11)5-12(17)9-1-2-13-14(6-9)19-8-18-13/h1-4,6-7,12,17H,5,8H2,(H2,15,16). The molecule has 5 heteroatoms. The van der Waals surface area contributed by atoms with E-state index in [2.05, 4.69) is 4.98 Å². The lowest BCUT2D eigenvalue weighted by molar-refractivity contribution is 0.171. The number of anilines is 1. The molecule has 1 aromatic carbocycles. The van der Waals surface area contributed by atoms with Crippen LogP contribution in [0.2, 0.25) is 0 Å². The molecular formula is C14H14N2O3. The molecule has 5 nitrogen and oxygen atoms in total. The van der Waals surface area contributed by atoms with Crippen molar-refractivity contribution >= 4 is 5.69 Å². The van der Waals surface area contributed by atoms with E-state index in [-0.39, 0.29) is 6.79 Å². The first-order valence-electron chi connectivity index (χ1n) is 6.00. The van der Waals surface area contributed by atoms with Gasteiger partial charge in [0.15, 0.2) is 11.5 Å². The summed E-state index contributed by atoms with van der Waals surface area (Å²) in [6.07, 6.45) is 3.07. The molecule has 3 rings (SSSR count). The van der Waals surface area contributed by atoms with Gasteiger partial charge in [0.05, 0.1) is 6.10 Å². The maximum Gasteiger partial charge on any atom is 0.231 e. The highest BCUT2D eigenvalue weighted by Gasteiger charge is 2.17. The molecule has 0 spiro atoms. The minimum absolute atomic E-state index is 0.227. The average molecular weight is 258 g/mol. The van der Waals surface area contributed by atoms with Gasteiger partial charge in [0.25, 0.3) is 0 Å². The van der Waals surface area contributed by atoms with Crippen LogP contribution < -0.4 is 15.2 Å². The Labute approximate surface area is 110 Å². The van der Waals surface area contributed by atoms with Gasteiger partial charge in [-0.15, -0.1) is 0 Å². The van der Waals surface area contributed by atoms with Gasteiger partial charge in [-0.05, 0) is 29.3 Å². The predicted octanol–water partition coefficient (Wildman–Crippen LogP) is 1.67. The van der Waals surface area contributed by atoms with E-state index in [1.54, 1.807) is 30.6 Å². The van der Waals surface area contributed by atoms with Crippen molar-refractivity contribution in [3.05, 3.63) is 47.8 Å². The Bertz CT molecular complexity index is 601. The Morgan fingerprint density at radius 2 is 2.11 bits per heavy atom. The summed E-state index contributed by atoms with van der Waals surface area (Å²) in [6, 6.07) is 7.14. The van der Waals surface area contributed by atoms with E-state index in [0.717, 1.165) is 11.1 Å². The van der Waals surface area contributed by atoms with Gasteiger partial charge in [0.1, 0.15) is 0 Å². The molecule has 1 aromatic heterocycles. The van der Waals surface area contributed by atoms with Crippen molar-refractivity contribution in [2.45, 2.75) is 12.5 Å². The molecule has 2 heterocycles. The summed E-state index contributed by atoms with van der Waals surface area (Å²) in [4.78, 5) is 4.01. The van der Waals surface area contributed by atoms with Crippen molar-refractivity contribution in [1.29, 1.82) is 0 Å². The van der Waals surface area contributed by atoms with Crippen molar-refractivity contribution in [2.75, 3.05) is 12.5 Å². The number of ether oxygens (including phenoxy) is 2. The van der Waals surface area contributed by atoms with Crippen LogP contribution in [0.4, 0.5) is 5.69 Å². The number of nitrogens with two attached hydrogens (primary N) is 1. The summed E-state index contributed by atoms with van der Waals surface area (Å²) in [7, 11) is 0. The summed E-state index contributed by atoms with van der Waals surface area (Å²) in [5, 5.41) is 10.2. The predicted molar refractivity (Wildman–Crippen MR) is 69.9 cm³/mol. The van der Waals surface area contributed by atoms with E-state index in [1.165, 1.54) is 0 Å². The molecular weight excluding hydrogens is 244 g/mol. The van der Waals surface area contributed by atoms with Crippen LogP contribution in [0.1, 0.15) is 17.2 Å². The molecule has 0 saturated carbocycles. The monoisotopic (exact) mass is 258 g/mol. The summed E-state index contributed by atoms with van der Waals surface area (Å²) < 4.78 is 10.5. The molecule has 19 heavy (non-hydrogen) atoms. The number of hydrogen-bond donors (Lipinski definition) is 2. The van der Waals surface area contributed by atoms with Crippen LogP contribution in [-0.2, 0) is 6.42 Å². The number of aromatic nitrogens is 1. The van der Waals surface area contributed by atoms with Crippen molar-refractivity contribution in [3.8, 4) is 11.5 Å². The van der Waals surface area contributed by atoms with E-state index in [9.17, 15) is 5.11 Å². The molecule has 0 fully saturated rings. The fraction of sp³-hybridized carbons (Fsp3) is 0.214. The molecule has 1 unspecified atom stereocenters. The van der Waals surface area contributed by atoms with Gasteiger partial charge in [-0.25, -0.2) is 0 Å². The first-order valence-corrected chi connectivity index (χ1v) is 6.00. The molecule has 1 atom stereocenters. The Morgan fingerprint density at radius 1 is 1.26 bits per heavy atom. The molecule has 2 aromatic rings. The van der Waals surface area contributed by atoms with Crippen LogP contribution in [0.25, 0.3) is 0 Å². The Hall–Kier alpha value is -2.27. The van der Waals surface area contributed by atoms with Crippen LogP contribution in [0.3, 0.4) is 0 Å². The zero-order valence-corrected chi connectivity index (χ0v) is 10.2. The highest BCUT2D eigenvalue weighted by atomic mass is 16.7. The largest absolute Gasteiger partial charge is 0.454 e. The Balaban J connectivity index is 1.81. The smallest absolute Gasteiger partial charge is 0.231 e. The number of aliphatic hydroxyl groups excluding tert-OH is 1. The molecule has 0 aliphatic carbocycles. The third-order valence-corrected chi connectivity index (χ3v) is 3.14. The van der Waals surface area contributed by atoms with Gasteiger partial charge in [-0.1, -0.05) is 6.07 Å². The van der Waals surface area contributed by atoms with E-state index >= 15 is 0 Å². The van der Waals surface area contributed by atoms with Gasteiger partial charge in [-0.2, -0.15) is 0 Å². The maximum absolute atomic E-state index is 10.2. The third-order valence-electron chi connectivity index (χ3n) is 3.14. The molecule has 0 amide bonds. The second kappa shape index (κ2) is 4.78. The van der Waals surface area contributed by atoms with E-state index in [4.69, 9.17) is 15.2 Å². The van der Waals surface area contributed by atoms with Gasteiger partial charge < -0.3 is 20.3 Å². The number of rotatable bonds is 3. The highest BCUT2D eigenvalue weighted by Crippen LogP contribution is 2.35. The first-order chi connectivity index (χ1) is 9.24. The lowest BCUT2D eigenvalue weighted by atomic mass is 10.0. The van der Waals surface area contributed by atoms with E-state index in [0.29, 0.717) is 23.6 Å². The van der Waals surface area contributed by atoms with Gasteiger partial charge >= 0.3 is 0 Å². The number of aliphatic hydroxyl groups is 1. The lowest BCUT2D eigenvalue weighted by Gasteiger charge is -2.12. The summed E-state index contributed by atoms with van der Waals surface area (Å²) >= 11 is 0. The Kier molecular flexibility index (Phi) is 2.97. The van der Waals surface area contributed by atoms with Crippen molar-refractivity contribution in [2.24, 2.45) is 0 Å². The Morgan fingerprint density at radius 3 is 2.95 bits per heavy atom. The number of pyridine rings is 1. The molecule has 0 saturated heterocycles. The zero-order chi connectivity index (χ0) is 13.2. The van der Waals surface area contributed by atoms with Crippen LogP contribution in [0, 0.1) is 0 Å². The number of benzene rings is 1. The second-order valence-corrected chi connectivity index (χ2v) is 4.41. The van der Waals surface area contributed by atoms with Crippen LogP contribution in [0.15, 0.2) is 36.7 Å². The summed E-state index contributed by atoms with van der Waals surface area (Å²) in [5.74, 6) is 1.37.